The highest BCUT2D eigenvalue weighted by atomic mass is 35.5. The standard InChI is InChI=1S/C15H23ClN2O2/c1-5-14(19)18-15(3,4)12-8-11(6-7-13(12)16)20-9-10(2)17/h6-8,10H,5,9,17H2,1-4H3,(H,18,19)/t10-/m0/s1. The molecule has 0 aliphatic carbocycles. The first-order valence-corrected chi connectivity index (χ1v) is 7.13. The van der Waals surface area contributed by atoms with Gasteiger partial charge in [-0.3, -0.25) is 4.79 Å². The second-order valence-corrected chi connectivity index (χ2v) is 5.86. The second kappa shape index (κ2) is 6.95. The highest BCUT2D eigenvalue weighted by Crippen LogP contribution is 2.31. The molecule has 1 aromatic carbocycles. The van der Waals surface area contributed by atoms with Crippen molar-refractivity contribution in [3.05, 3.63) is 28.8 Å². The zero-order valence-electron chi connectivity index (χ0n) is 12.5. The van der Waals surface area contributed by atoms with Crippen molar-refractivity contribution in [3.8, 4) is 5.75 Å². The monoisotopic (exact) mass is 298 g/mol. The van der Waals surface area contributed by atoms with Gasteiger partial charge in [0, 0.05) is 17.5 Å². The number of nitrogens with two attached hydrogens (primary N) is 1. The summed E-state index contributed by atoms with van der Waals surface area (Å²) in [7, 11) is 0. The van der Waals surface area contributed by atoms with Crippen LogP contribution in [0.15, 0.2) is 18.2 Å². The van der Waals surface area contributed by atoms with Gasteiger partial charge in [0.25, 0.3) is 0 Å². The Hall–Kier alpha value is -1.26. The molecule has 1 rings (SSSR count). The Morgan fingerprint density at radius 2 is 2.15 bits per heavy atom. The average molecular weight is 299 g/mol. The van der Waals surface area contributed by atoms with Gasteiger partial charge in [0.15, 0.2) is 0 Å². The maximum Gasteiger partial charge on any atom is 0.220 e. The number of carbonyl (C=O) groups excluding carboxylic acids is 1. The molecule has 1 atom stereocenters. The zero-order chi connectivity index (χ0) is 15.3. The Balaban J connectivity index is 2.97. The minimum absolute atomic E-state index is 0.0204. The van der Waals surface area contributed by atoms with Gasteiger partial charge in [0.05, 0.1) is 5.54 Å². The molecule has 0 aliphatic rings. The number of ether oxygens (including phenoxy) is 1. The highest BCUT2D eigenvalue weighted by molar-refractivity contribution is 6.31. The molecule has 0 aromatic heterocycles. The lowest BCUT2D eigenvalue weighted by molar-refractivity contribution is -0.122. The Kier molecular flexibility index (Phi) is 5.84. The van der Waals surface area contributed by atoms with Crippen molar-refractivity contribution in [2.45, 2.75) is 45.7 Å². The van der Waals surface area contributed by atoms with E-state index in [9.17, 15) is 4.79 Å². The molecule has 1 amide bonds. The van der Waals surface area contributed by atoms with Gasteiger partial charge in [-0.05, 0) is 44.5 Å². The van der Waals surface area contributed by atoms with Crippen molar-refractivity contribution in [2.24, 2.45) is 5.73 Å². The third kappa shape index (κ3) is 4.69. The smallest absolute Gasteiger partial charge is 0.220 e. The lowest BCUT2D eigenvalue weighted by Gasteiger charge is -2.28. The Morgan fingerprint density at radius 3 is 2.70 bits per heavy atom. The molecule has 20 heavy (non-hydrogen) atoms. The van der Waals surface area contributed by atoms with Gasteiger partial charge in [-0.2, -0.15) is 0 Å². The van der Waals surface area contributed by atoms with Gasteiger partial charge in [-0.25, -0.2) is 0 Å². The Bertz CT molecular complexity index is 473. The molecule has 1 aromatic rings. The topological polar surface area (TPSA) is 64.3 Å². The molecule has 112 valence electrons. The molecular formula is C15H23ClN2O2. The third-order valence-corrected chi connectivity index (χ3v) is 3.23. The van der Waals surface area contributed by atoms with Gasteiger partial charge >= 0.3 is 0 Å². The molecule has 0 fully saturated rings. The lowest BCUT2D eigenvalue weighted by atomic mass is 9.93. The van der Waals surface area contributed by atoms with Crippen LogP contribution >= 0.6 is 11.6 Å². The number of halogens is 1. The molecule has 0 unspecified atom stereocenters. The third-order valence-electron chi connectivity index (χ3n) is 2.90. The van der Waals surface area contributed by atoms with E-state index in [4.69, 9.17) is 22.1 Å². The molecule has 4 nitrogen and oxygen atoms in total. The van der Waals surface area contributed by atoms with Crippen molar-refractivity contribution >= 4 is 17.5 Å². The highest BCUT2D eigenvalue weighted by Gasteiger charge is 2.25. The number of hydrogen-bond donors (Lipinski definition) is 2. The van der Waals surface area contributed by atoms with E-state index in [1.54, 1.807) is 12.1 Å². The van der Waals surface area contributed by atoms with Crippen LogP contribution in [0.3, 0.4) is 0 Å². The van der Waals surface area contributed by atoms with Crippen molar-refractivity contribution in [3.63, 3.8) is 0 Å². The predicted octanol–water partition coefficient (Wildman–Crippen LogP) is 2.83. The van der Waals surface area contributed by atoms with Crippen LogP contribution in [0.2, 0.25) is 5.02 Å². The van der Waals surface area contributed by atoms with Crippen molar-refractivity contribution in [2.75, 3.05) is 6.61 Å². The summed E-state index contributed by atoms with van der Waals surface area (Å²) in [6, 6.07) is 5.38. The van der Waals surface area contributed by atoms with Gasteiger partial charge in [0.1, 0.15) is 12.4 Å². The predicted molar refractivity (Wildman–Crippen MR) is 82.1 cm³/mol. The molecule has 0 spiro atoms. The molecule has 0 saturated heterocycles. The van der Waals surface area contributed by atoms with Gasteiger partial charge < -0.3 is 15.8 Å². The summed E-state index contributed by atoms with van der Waals surface area (Å²) in [4.78, 5) is 11.6. The molecule has 0 bridgehead atoms. The number of hydrogen-bond acceptors (Lipinski definition) is 3. The first-order valence-electron chi connectivity index (χ1n) is 6.75. The maximum absolute atomic E-state index is 11.6. The van der Waals surface area contributed by atoms with E-state index >= 15 is 0 Å². The van der Waals surface area contributed by atoms with E-state index in [2.05, 4.69) is 5.32 Å². The number of nitrogens with one attached hydrogen (secondary N) is 1. The largest absolute Gasteiger partial charge is 0.492 e. The average Bonchev–Trinajstić information content (AvgIpc) is 2.36. The summed E-state index contributed by atoms with van der Waals surface area (Å²) in [6.07, 6.45) is 0.432. The second-order valence-electron chi connectivity index (χ2n) is 5.46. The maximum atomic E-state index is 11.6. The van der Waals surface area contributed by atoms with Gasteiger partial charge in [-0.1, -0.05) is 18.5 Å². The minimum atomic E-state index is -0.558. The van der Waals surface area contributed by atoms with E-state index in [1.165, 1.54) is 0 Å². The molecule has 5 heteroatoms. The van der Waals surface area contributed by atoms with Crippen LogP contribution in [0.1, 0.15) is 39.7 Å². The summed E-state index contributed by atoms with van der Waals surface area (Å²) in [5.41, 5.74) is 5.93. The summed E-state index contributed by atoms with van der Waals surface area (Å²) >= 11 is 6.24. The fourth-order valence-electron chi connectivity index (χ4n) is 1.81. The quantitative estimate of drug-likeness (QED) is 0.849. The fraction of sp³-hybridized carbons (Fsp3) is 0.533. The van der Waals surface area contributed by atoms with Gasteiger partial charge in [0.2, 0.25) is 5.91 Å². The van der Waals surface area contributed by atoms with Crippen LogP contribution in [0.5, 0.6) is 5.75 Å². The summed E-state index contributed by atoms with van der Waals surface area (Å²) in [5.74, 6) is 0.675. The molecule has 0 radical (unpaired) electrons. The Morgan fingerprint density at radius 1 is 1.50 bits per heavy atom. The molecule has 0 aliphatic heterocycles. The lowest BCUT2D eigenvalue weighted by Crippen LogP contribution is -2.40. The van der Waals surface area contributed by atoms with E-state index in [0.29, 0.717) is 23.8 Å². The van der Waals surface area contributed by atoms with E-state index in [1.807, 2.05) is 33.8 Å². The van der Waals surface area contributed by atoms with Crippen molar-refractivity contribution in [1.82, 2.24) is 5.32 Å². The van der Waals surface area contributed by atoms with E-state index in [0.717, 1.165) is 5.56 Å². The SMILES string of the molecule is CCC(=O)NC(C)(C)c1cc(OC[C@H](C)N)ccc1Cl. The number of amides is 1. The van der Waals surface area contributed by atoms with Crippen LogP contribution < -0.4 is 15.8 Å². The van der Waals surface area contributed by atoms with Crippen LogP contribution in [0.4, 0.5) is 0 Å². The normalized spacial score (nSPS) is 12.9. The Labute approximate surface area is 125 Å². The molecular weight excluding hydrogens is 276 g/mol. The van der Waals surface area contributed by atoms with E-state index in [-0.39, 0.29) is 11.9 Å². The van der Waals surface area contributed by atoms with E-state index < -0.39 is 5.54 Å². The molecule has 3 N–H and O–H groups in total. The summed E-state index contributed by atoms with van der Waals surface area (Å²) in [5, 5.41) is 3.55. The van der Waals surface area contributed by atoms with Crippen LogP contribution in [-0.2, 0) is 10.3 Å². The van der Waals surface area contributed by atoms with Crippen molar-refractivity contribution in [1.29, 1.82) is 0 Å². The molecule has 0 heterocycles. The number of carbonyl (C=O) groups is 1. The van der Waals surface area contributed by atoms with Gasteiger partial charge in [-0.15, -0.1) is 0 Å². The zero-order valence-corrected chi connectivity index (χ0v) is 13.3. The molecule has 0 saturated carbocycles. The van der Waals surface area contributed by atoms with Crippen molar-refractivity contribution < 1.29 is 9.53 Å². The van der Waals surface area contributed by atoms with Crippen LogP contribution in [0.25, 0.3) is 0 Å². The first-order chi connectivity index (χ1) is 9.26. The first kappa shape index (κ1) is 16.8. The minimum Gasteiger partial charge on any atom is -0.492 e. The fourth-order valence-corrected chi connectivity index (χ4v) is 2.16. The number of rotatable bonds is 6. The van der Waals surface area contributed by atoms with Crippen LogP contribution in [-0.4, -0.2) is 18.6 Å². The number of benzene rings is 1. The van der Waals surface area contributed by atoms with Crippen LogP contribution in [0, 0.1) is 0 Å². The summed E-state index contributed by atoms with van der Waals surface area (Å²) in [6.45, 7) is 7.95. The summed E-state index contributed by atoms with van der Waals surface area (Å²) < 4.78 is 5.59.